The summed E-state index contributed by atoms with van der Waals surface area (Å²) < 4.78 is 5.99. The van der Waals surface area contributed by atoms with Gasteiger partial charge in [-0.15, -0.1) is 0 Å². The second-order valence-electron chi connectivity index (χ2n) is 6.77. The number of nitrogen functional groups attached to an aromatic ring is 1. The number of ether oxygens (including phenoxy) is 1. The van der Waals surface area contributed by atoms with Crippen LogP contribution in [0.3, 0.4) is 0 Å². The van der Waals surface area contributed by atoms with Crippen LogP contribution in [0.4, 0.5) is 11.4 Å². The largest absolute Gasteiger partial charge is 0.490 e. The molecule has 2 unspecified atom stereocenters. The topological polar surface area (TPSA) is 90.4 Å². The molecule has 0 aliphatic heterocycles. The molecule has 1 aromatic rings. The van der Waals surface area contributed by atoms with E-state index in [1.165, 1.54) is 18.6 Å². The molecule has 3 N–H and O–H groups in total. The van der Waals surface area contributed by atoms with Crippen LogP contribution in [0.1, 0.15) is 40.0 Å². The standard InChI is InChI=1S/C15H23N3O3/c1-10-4-14(9-15(2,3)8-10)21-13-6-11(17-16)5-12(7-13)18(19)20/h5-7,10,14,17H,4,8-9,16H2,1-3H3. The summed E-state index contributed by atoms with van der Waals surface area (Å²) in [6.07, 6.45) is 3.18. The fraction of sp³-hybridized carbons (Fsp3) is 0.600. The maximum Gasteiger partial charge on any atom is 0.275 e. The number of nitrogens with one attached hydrogen (secondary N) is 1. The van der Waals surface area contributed by atoms with Crippen LogP contribution < -0.4 is 16.0 Å². The molecule has 1 aliphatic carbocycles. The normalized spacial score (nSPS) is 24.4. The molecule has 0 heterocycles. The van der Waals surface area contributed by atoms with Crippen molar-refractivity contribution in [2.75, 3.05) is 5.43 Å². The summed E-state index contributed by atoms with van der Waals surface area (Å²) in [5, 5.41) is 11.0. The molecule has 0 radical (unpaired) electrons. The zero-order valence-corrected chi connectivity index (χ0v) is 12.8. The van der Waals surface area contributed by atoms with E-state index in [4.69, 9.17) is 10.6 Å². The number of benzene rings is 1. The number of rotatable bonds is 4. The van der Waals surface area contributed by atoms with Gasteiger partial charge in [-0.3, -0.25) is 16.0 Å². The fourth-order valence-corrected chi connectivity index (χ4v) is 3.38. The summed E-state index contributed by atoms with van der Waals surface area (Å²) >= 11 is 0. The minimum absolute atomic E-state index is 0.0245. The second-order valence-corrected chi connectivity index (χ2v) is 6.77. The maximum absolute atomic E-state index is 11.0. The number of hydrogen-bond donors (Lipinski definition) is 2. The average molecular weight is 293 g/mol. The van der Waals surface area contributed by atoms with E-state index in [-0.39, 0.29) is 17.2 Å². The molecule has 0 amide bonds. The fourth-order valence-electron chi connectivity index (χ4n) is 3.38. The molecule has 116 valence electrons. The molecular weight excluding hydrogens is 270 g/mol. The van der Waals surface area contributed by atoms with Crippen molar-refractivity contribution in [2.24, 2.45) is 17.2 Å². The number of nitrogens with zero attached hydrogens (tertiary/aromatic N) is 1. The van der Waals surface area contributed by atoms with Crippen molar-refractivity contribution in [1.29, 1.82) is 0 Å². The van der Waals surface area contributed by atoms with Gasteiger partial charge in [-0.1, -0.05) is 20.8 Å². The highest BCUT2D eigenvalue weighted by molar-refractivity contribution is 5.55. The van der Waals surface area contributed by atoms with Crippen LogP contribution in [0.5, 0.6) is 5.75 Å². The minimum atomic E-state index is -0.443. The summed E-state index contributed by atoms with van der Waals surface area (Å²) in [5.41, 5.74) is 3.12. The highest BCUT2D eigenvalue weighted by Gasteiger charge is 2.33. The number of anilines is 1. The summed E-state index contributed by atoms with van der Waals surface area (Å²) in [6, 6.07) is 4.53. The molecule has 2 atom stereocenters. The third kappa shape index (κ3) is 4.07. The molecule has 1 aliphatic rings. The molecule has 0 aromatic heterocycles. The van der Waals surface area contributed by atoms with E-state index < -0.39 is 4.92 Å². The first-order valence-corrected chi connectivity index (χ1v) is 7.22. The number of nitro benzene ring substituents is 1. The van der Waals surface area contributed by atoms with Crippen LogP contribution in [0.2, 0.25) is 0 Å². The van der Waals surface area contributed by atoms with Gasteiger partial charge >= 0.3 is 0 Å². The molecule has 2 rings (SSSR count). The van der Waals surface area contributed by atoms with Crippen LogP contribution in [-0.4, -0.2) is 11.0 Å². The minimum Gasteiger partial charge on any atom is -0.490 e. The molecule has 21 heavy (non-hydrogen) atoms. The maximum atomic E-state index is 11.0. The Morgan fingerprint density at radius 1 is 1.38 bits per heavy atom. The van der Waals surface area contributed by atoms with Gasteiger partial charge in [-0.2, -0.15) is 0 Å². The Balaban J connectivity index is 2.18. The smallest absolute Gasteiger partial charge is 0.275 e. The quantitative estimate of drug-likeness (QED) is 0.504. The summed E-state index contributed by atoms with van der Waals surface area (Å²) in [4.78, 5) is 10.5. The van der Waals surface area contributed by atoms with E-state index in [1.54, 1.807) is 6.07 Å². The summed E-state index contributed by atoms with van der Waals surface area (Å²) in [7, 11) is 0. The first-order valence-electron chi connectivity index (χ1n) is 7.22. The van der Waals surface area contributed by atoms with Gasteiger partial charge < -0.3 is 10.2 Å². The Bertz CT molecular complexity index is 531. The lowest BCUT2D eigenvalue weighted by molar-refractivity contribution is -0.384. The molecule has 1 aromatic carbocycles. The number of hydrogen-bond acceptors (Lipinski definition) is 5. The predicted molar refractivity (Wildman–Crippen MR) is 82.1 cm³/mol. The summed E-state index contributed by atoms with van der Waals surface area (Å²) in [6.45, 7) is 6.69. The molecule has 6 nitrogen and oxygen atoms in total. The Kier molecular flexibility index (Phi) is 4.37. The van der Waals surface area contributed by atoms with Crippen molar-refractivity contribution in [3.8, 4) is 5.75 Å². The SMILES string of the molecule is CC1CC(Oc2cc(NN)cc([N+](=O)[O-])c2)CC(C)(C)C1. The average Bonchev–Trinajstić information content (AvgIpc) is 2.35. The van der Waals surface area contributed by atoms with E-state index in [9.17, 15) is 10.1 Å². The lowest BCUT2D eigenvalue weighted by Crippen LogP contribution is -2.34. The highest BCUT2D eigenvalue weighted by Crippen LogP contribution is 2.40. The van der Waals surface area contributed by atoms with Gasteiger partial charge in [0.25, 0.3) is 5.69 Å². The van der Waals surface area contributed by atoms with Crippen LogP contribution in [0, 0.1) is 21.4 Å². The Hall–Kier alpha value is -1.82. The first-order chi connectivity index (χ1) is 9.79. The van der Waals surface area contributed by atoms with Crippen LogP contribution in [0.15, 0.2) is 18.2 Å². The third-order valence-electron chi connectivity index (χ3n) is 3.92. The van der Waals surface area contributed by atoms with Gasteiger partial charge in [0.1, 0.15) is 5.75 Å². The van der Waals surface area contributed by atoms with Gasteiger partial charge in [0.05, 0.1) is 22.8 Å². The van der Waals surface area contributed by atoms with Crippen molar-refractivity contribution in [2.45, 2.75) is 46.1 Å². The van der Waals surface area contributed by atoms with E-state index in [2.05, 4.69) is 26.2 Å². The van der Waals surface area contributed by atoms with Crippen molar-refractivity contribution >= 4 is 11.4 Å². The summed E-state index contributed by atoms with van der Waals surface area (Å²) in [5.74, 6) is 6.44. The van der Waals surface area contributed by atoms with Crippen LogP contribution >= 0.6 is 0 Å². The zero-order valence-electron chi connectivity index (χ0n) is 12.8. The van der Waals surface area contributed by atoms with E-state index in [0.717, 1.165) is 12.8 Å². The Morgan fingerprint density at radius 3 is 2.67 bits per heavy atom. The van der Waals surface area contributed by atoms with Gasteiger partial charge in [0.2, 0.25) is 0 Å². The Morgan fingerprint density at radius 2 is 2.10 bits per heavy atom. The molecule has 0 bridgehead atoms. The molecule has 0 saturated heterocycles. The molecule has 6 heteroatoms. The van der Waals surface area contributed by atoms with Gasteiger partial charge in [-0.05, 0) is 30.6 Å². The van der Waals surface area contributed by atoms with E-state index in [1.807, 2.05) is 0 Å². The zero-order chi connectivity index (χ0) is 15.6. The van der Waals surface area contributed by atoms with Crippen molar-refractivity contribution in [1.82, 2.24) is 0 Å². The number of nitro groups is 1. The van der Waals surface area contributed by atoms with Crippen molar-refractivity contribution in [3.05, 3.63) is 28.3 Å². The monoisotopic (exact) mass is 293 g/mol. The third-order valence-corrected chi connectivity index (χ3v) is 3.92. The van der Waals surface area contributed by atoms with Crippen molar-refractivity contribution in [3.63, 3.8) is 0 Å². The van der Waals surface area contributed by atoms with Gasteiger partial charge in [-0.25, -0.2) is 0 Å². The van der Waals surface area contributed by atoms with Crippen LogP contribution in [-0.2, 0) is 0 Å². The molecule has 0 spiro atoms. The number of nitrogens with two attached hydrogens (primary N) is 1. The molecular formula is C15H23N3O3. The second kappa shape index (κ2) is 5.89. The number of hydrazine groups is 1. The predicted octanol–water partition coefficient (Wildman–Crippen LogP) is 3.47. The Labute approximate surface area is 124 Å². The lowest BCUT2D eigenvalue weighted by Gasteiger charge is -2.38. The van der Waals surface area contributed by atoms with Gasteiger partial charge in [0.15, 0.2) is 0 Å². The number of non-ortho nitro benzene ring substituents is 1. The molecule has 1 saturated carbocycles. The first kappa shape index (κ1) is 15.6. The molecule has 1 fully saturated rings. The van der Waals surface area contributed by atoms with Crippen molar-refractivity contribution < 1.29 is 9.66 Å². The van der Waals surface area contributed by atoms with Gasteiger partial charge in [0, 0.05) is 12.1 Å². The lowest BCUT2D eigenvalue weighted by atomic mass is 9.71. The highest BCUT2D eigenvalue weighted by atomic mass is 16.6. The van der Waals surface area contributed by atoms with E-state index in [0.29, 0.717) is 17.4 Å². The van der Waals surface area contributed by atoms with E-state index >= 15 is 0 Å². The van der Waals surface area contributed by atoms with Crippen LogP contribution in [0.25, 0.3) is 0 Å².